The Kier molecular flexibility index (Phi) is 12.8. The molecule has 0 bridgehead atoms. The van der Waals surface area contributed by atoms with E-state index in [0.29, 0.717) is 66.8 Å². The average molecular weight is 683 g/mol. The molecule has 1 amide bonds. The zero-order chi connectivity index (χ0) is 33.3. The molecule has 3 N–H and O–H groups in total. The highest BCUT2D eigenvalue weighted by Gasteiger charge is 2.36. The van der Waals surface area contributed by atoms with Gasteiger partial charge in [-0.2, -0.15) is 0 Å². The third-order valence-electron chi connectivity index (χ3n) is 10.9. The van der Waals surface area contributed by atoms with E-state index in [1.807, 2.05) is 6.07 Å². The molecule has 2 unspecified atom stereocenters. The Balaban J connectivity index is 0.946. The van der Waals surface area contributed by atoms with Gasteiger partial charge in [-0.05, 0) is 56.2 Å². The third kappa shape index (κ3) is 9.38. The van der Waals surface area contributed by atoms with Gasteiger partial charge in [-0.1, -0.05) is 75.5 Å². The molecule has 2 aliphatic heterocycles. The highest BCUT2D eigenvalue weighted by Crippen LogP contribution is 2.35. The number of benzene rings is 1. The van der Waals surface area contributed by atoms with E-state index in [1.54, 1.807) is 6.07 Å². The summed E-state index contributed by atoms with van der Waals surface area (Å²) in [5, 5.41) is 17.7. The van der Waals surface area contributed by atoms with Crippen LogP contribution in [0.3, 0.4) is 0 Å². The molecule has 2 aliphatic carbocycles. The maximum atomic E-state index is 12.8. The second-order valence-electron chi connectivity index (χ2n) is 14.4. The zero-order valence-electron chi connectivity index (χ0n) is 28.7. The van der Waals surface area contributed by atoms with Crippen LogP contribution in [-0.4, -0.2) is 94.1 Å². The Bertz CT molecular complexity index is 1330. The standard InChI is InChI=1S/C37H55ClN6O4/c1-26-34(48-25-44(26)29-13-9-4-2-3-5-10-14-29)23-47-33-16-15-27-21-43(18-17-31(27)36(33)38)22-30(45)20-39-37(46)32-19-35(41-24-40-32)42-28-11-7-6-8-12-28/h15-16,19,24,26,28-30,34,45H,2-14,17-18,20-23,25H2,1H3,(H,39,46)(H,40,41,42)/t26?,30-,34?/m0/s1. The molecular weight excluding hydrogens is 628 g/mol. The lowest BCUT2D eigenvalue weighted by Gasteiger charge is -2.32. The predicted octanol–water partition coefficient (Wildman–Crippen LogP) is 5.95. The summed E-state index contributed by atoms with van der Waals surface area (Å²) in [4.78, 5) is 26.0. The van der Waals surface area contributed by atoms with Crippen molar-refractivity contribution in [2.45, 2.75) is 134 Å². The summed E-state index contributed by atoms with van der Waals surface area (Å²) in [7, 11) is 0. The van der Waals surface area contributed by atoms with Crippen molar-refractivity contribution < 1.29 is 19.4 Å². The summed E-state index contributed by atoms with van der Waals surface area (Å²) in [6.07, 6.45) is 18.1. The zero-order valence-corrected chi connectivity index (χ0v) is 29.4. The van der Waals surface area contributed by atoms with Crippen molar-refractivity contribution in [3.63, 3.8) is 0 Å². The average Bonchev–Trinajstić information content (AvgIpc) is 3.53. The van der Waals surface area contributed by atoms with Gasteiger partial charge < -0.3 is 25.2 Å². The smallest absolute Gasteiger partial charge is 0.270 e. The Morgan fingerprint density at radius 1 is 1.06 bits per heavy atom. The molecule has 0 spiro atoms. The number of rotatable bonds is 11. The highest BCUT2D eigenvalue weighted by molar-refractivity contribution is 6.33. The first-order valence-corrected chi connectivity index (χ1v) is 18.9. The van der Waals surface area contributed by atoms with Crippen LogP contribution in [0.4, 0.5) is 5.82 Å². The van der Waals surface area contributed by atoms with Gasteiger partial charge in [0, 0.05) is 50.4 Å². The van der Waals surface area contributed by atoms with Crippen LogP contribution in [0, 0.1) is 0 Å². The van der Waals surface area contributed by atoms with E-state index in [9.17, 15) is 9.90 Å². The van der Waals surface area contributed by atoms with Crippen molar-refractivity contribution in [2.24, 2.45) is 0 Å². The Morgan fingerprint density at radius 3 is 2.58 bits per heavy atom. The molecule has 4 aliphatic rings. The fourth-order valence-corrected chi connectivity index (χ4v) is 8.32. The lowest BCUT2D eigenvalue weighted by molar-refractivity contribution is 0.0498. The number of carbonyl (C=O) groups excluding carboxylic acids is 1. The van der Waals surface area contributed by atoms with Gasteiger partial charge in [0.1, 0.15) is 43.0 Å². The van der Waals surface area contributed by atoms with Crippen LogP contribution in [0.25, 0.3) is 0 Å². The summed E-state index contributed by atoms with van der Waals surface area (Å²) in [5.74, 6) is 1.07. The highest BCUT2D eigenvalue weighted by atomic mass is 35.5. The molecule has 264 valence electrons. The van der Waals surface area contributed by atoms with Crippen LogP contribution in [0.1, 0.15) is 112 Å². The first kappa shape index (κ1) is 35.3. The molecule has 3 atom stereocenters. The molecule has 1 aromatic heterocycles. The number of hydrogen-bond donors (Lipinski definition) is 3. The fraction of sp³-hybridized carbons (Fsp3) is 0.703. The van der Waals surface area contributed by atoms with Crippen LogP contribution < -0.4 is 15.4 Å². The molecule has 48 heavy (non-hydrogen) atoms. The largest absolute Gasteiger partial charge is 0.489 e. The van der Waals surface area contributed by atoms with Gasteiger partial charge in [0.05, 0.1) is 11.1 Å². The molecule has 0 radical (unpaired) electrons. The van der Waals surface area contributed by atoms with Gasteiger partial charge in [0.25, 0.3) is 5.91 Å². The SMILES string of the molecule is CC1C(COc2ccc3c(c2Cl)CCN(C[C@@H](O)CNC(=O)c2cc(NC4CCCCC4)ncn2)C3)OCN1C1CCCCCCCC1. The van der Waals surface area contributed by atoms with E-state index in [-0.39, 0.29) is 18.6 Å². The minimum Gasteiger partial charge on any atom is -0.489 e. The van der Waals surface area contributed by atoms with E-state index in [0.717, 1.165) is 36.9 Å². The minimum atomic E-state index is -0.713. The van der Waals surface area contributed by atoms with Gasteiger partial charge >= 0.3 is 0 Å². The topological polar surface area (TPSA) is 112 Å². The van der Waals surface area contributed by atoms with Crippen molar-refractivity contribution >= 4 is 23.3 Å². The number of carbonyl (C=O) groups is 1. The number of anilines is 1. The van der Waals surface area contributed by atoms with Crippen molar-refractivity contribution in [1.82, 2.24) is 25.1 Å². The van der Waals surface area contributed by atoms with E-state index in [1.165, 1.54) is 77.0 Å². The fourth-order valence-electron chi connectivity index (χ4n) is 7.99. The molecular formula is C37H55ClN6O4. The quantitative estimate of drug-likeness (QED) is 0.265. The Labute approximate surface area is 291 Å². The van der Waals surface area contributed by atoms with Crippen molar-refractivity contribution in [3.05, 3.63) is 46.4 Å². The van der Waals surface area contributed by atoms with Gasteiger partial charge in [0.2, 0.25) is 0 Å². The number of nitrogens with zero attached hydrogens (tertiary/aromatic N) is 4. The normalized spacial score (nSPS) is 24.2. The summed E-state index contributed by atoms with van der Waals surface area (Å²) >= 11 is 6.90. The number of halogens is 1. The van der Waals surface area contributed by atoms with E-state index in [2.05, 4.69) is 43.4 Å². The summed E-state index contributed by atoms with van der Waals surface area (Å²) < 4.78 is 12.5. The van der Waals surface area contributed by atoms with Crippen molar-refractivity contribution in [1.29, 1.82) is 0 Å². The van der Waals surface area contributed by atoms with Crippen LogP contribution in [0.5, 0.6) is 5.75 Å². The summed E-state index contributed by atoms with van der Waals surface area (Å²) in [6, 6.07) is 7.06. The molecule has 1 saturated heterocycles. The third-order valence-corrected chi connectivity index (χ3v) is 11.3. The Hall–Kier alpha value is -2.50. The molecule has 1 aromatic carbocycles. The maximum Gasteiger partial charge on any atom is 0.270 e. The minimum absolute atomic E-state index is 0.0248. The van der Waals surface area contributed by atoms with Crippen LogP contribution in [-0.2, 0) is 17.7 Å². The Morgan fingerprint density at radius 2 is 1.79 bits per heavy atom. The number of aliphatic hydroxyl groups is 1. The number of fused-ring (bicyclic) bond motifs is 1. The lowest BCUT2D eigenvalue weighted by Crippen LogP contribution is -2.42. The van der Waals surface area contributed by atoms with Gasteiger partial charge in [0.15, 0.2) is 0 Å². The number of nitrogens with one attached hydrogen (secondary N) is 2. The second kappa shape index (κ2) is 17.4. The van der Waals surface area contributed by atoms with E-state index >= 15 is 0 Å². The van der Waals surface area contributed by atoms with Crippen LogP contribution in [0.15, 0.2) is 24.5 Å². The molecule has 11 heteroatoms. The molecule has 2 aromatic rings. The van der Waals surface area contributed by atoms with Gasteiger partial charge in [-0.25, -0.2) is 9.97 Å². The lowest BCUT2D eigenvalue weighted by atomic mass is 9.95. The van der Waals surface area contributed by atoms with Crippen LogP contribution >= 0.6 is 11.6 Å². The molecule has 3 heterocycles. The summed E-state index contributed by atoms with van der Waals surface area (Å²) in [5.41, 5.74) is 2.56. The number of hydrogen-bond acceptors (Lipinski definition) is 9. The molecule has 3 fully saturated rings. The summed E-state index contributed by atoms with van der Waals surface area (Å²) in [6.45, 7) is 5.48. The number of amides is 1. The number of aliphatic hydroxyl groups excluding tert-OH is 1. The second-order valence-corrected chi connectivity index (χ2v) is 14.8. The number of ether oxygens (including phenoxy) is 2. The van der Waals surface area contributed by atoms with Crippen molar-refractivity contribution in [3.8, 4) is 5.75 Å². The molecule has 10 nitrogen and oxygen atoms in total. The van der Waals surface area contributed by atoms with E-state index in [4.69, 9.17) is 21.1 Å². The van der Waals surface area contributed by atoms with Crippen LogP contribution in [0.2, 0.25) is 5.02 Å². The van der Waals surface area contributed by atoms with Gasteiger partial charge in [-0.15, -0.1) is 0 Å². The molecule has 2 saturated carbocycles. The predicted molar refractivity (Wildman–Crippen MR) is 189 cm³/mol. The monoisotopic (exact) mass is 682 g/mol. The van der Waals surface area contributed by atoms with E-state index < -0.39 is 6.10 Å². The first-order chi connectivity index (χ1) is 23.4. The first-order valence-electron chi connectivity index (χ1n) is 18.5. The number of β-amino-alcohol motifs (C(OH)–C–C–N with tert-alkyl or cyclic N) is 1. The van der Waals surface area contributed by atoms with Gasteiger partial charge in [-0.3, -0.25) is 14.6 Å². The van der Waals surface area contributed by atoms with Crippen molar-refractivity contribution in [2.75, 3.05) is 38.3 Å². The maximum absolute atomic E-state index is 12.8. The molecule has 6 rings (SSSR count). The number of aromatic nitrogens is 2.